The van der Waals surface area contributed by atoms with Gasteiger partial charge in [0.2, 0.25) is 11.7 Å². The summed E-state index contributed by atoms with van der Waals surface area (Å²) in [6.07, 6.45) is -0.490. The Balaban J connectivity index is 1.55. The fraction of sp³-hybridized carbons (Fsp3) is 0.158. The molecule has 0 N–H and O–H groups in total. The largest absolute Gasteiger partial charge is 0.439 e. The van der Waals surface area contributed by atoms with Crippen molar-refractivity contribution in [3.63, 3.8) is 0 Å². The molecule has 0 aliphatic carbocycles. The Labute approximate surface area is 143 Å². The minimum Gasteiger partial charge on any atom is -0.439 e. The standard InChI is InChI=1S/C19H13N3O3/c20-11-13(19-21-14-8-4-5-9-16(14)24-19)18(23)17-10-15(22-25-17)12-6-2-1-3-7-12/h1-9,13,17H,10H2/t13-,17+/m1/s1. The first kappa shape index (κ1) is 15.1. The zero-order valence-electron chi connectivity index (χ0n) is 13.1. The lowest BCUT2D eigenvalue weighted by atomic mass is 9.96. The highest BCUT2D eigenvalue weighted by atomic mass is 16.6. The van der Waals surface area contributed by atoms with Gasteiger partial charge in [-0.15, -0.1) is 0 Å². The van der Waals surface area contributed by atoms with Crippen LogP contribution in [-0.4, -0.2) is 22.6 Å². The summed E-state index contributed by atoms with van der Waals surface area (Å²) in [7, 11) is 0. The Morgan fingerprint density at radius 2 is 1.92 bits per heavy atom. The highest BCUT2D eigenvalue weighted by molar-refractivity contribution is 6.05. The van der Waals surface area contributed by atoms with Crippen molar-refractivity contribution in [2.45, 2.75) is 18.4 Å². The van der Waals surface area contributed by atoms with E-state index in [2.05, 4.69) is 10.1 Å². The van der Waals surface area contributed by atoms with Gasteiger partial charge in [-0.1, -0.05) is 47.6 Å². The van der Waals surface area contributed by atoms with Gasteiger partial charge in [-0.3, -0.25) is 4.79 Å². The highest BCUT2D eigenvalue weighted by Gasteiger charge is 2.37. The van der Waals surface area contributed by atoms with E-state index in [9.17, 15) is 10.1 Å². The van der Waals surface area contributed by atoms with E-state index in [1.54, 1.807) is 18.2 Å². The number of nitrogens with zero attached hydrogens (tertiary/aromatic N) is 3. The lowest BCUT2D eigenvalue weighted by Crippen LogP contribution is -2.26. The van der Waals surface area contributed by atoms with Crippen molar-refractivity contribution in [1.29, 1.82) is 5.26 Å². The molecule has 0 saturated heterocycles. The average molecular weight is 331 g/mol. The number of rotatable bonds is 4. The van der Waals surface area contributed by atoms with Crippen LogP contribution in [0.5, 0.6) is 0 Å². The summed E-state index contributed by atoms with van der Waals surface area (Å²) in [6.45, 7) is 0. The van der Waals surface area contributed by atoms with E-state index < -0.39 is 17.8 Å². The normalized spacial score (nSPS) is 17.6. The van der Waals surface area contributed by atoms with E-state index in [4.69, 9.17) is 9.25 Å². The summed E-state index contributed by atoms with van der Waals surface area (Å²) in [5, 5.41) is 13.5. The molecule has 0 radical (unpaired) electrons. The molecule has 6 heteroatoms. The second-order valence-electron chi connectivity index (χ2n) is 5.69. The van der Waals surface area contributed by atoms with Crippen LogP contribution in [-0.2, 0) is 9.63 Å². The highest BCUT2D eigenvalue weighted by Crippen LogP contribution is 2.26. The van der Waals surface area contributed by atoms with Crippen LogP contribution in [0.1, 0.15) is 23.8 Å². The zero-order chi connectivity index (χ0) is 17.2. The summed E-state index contributed by atoms with van der Waals surface area (Å²) in [4.78, 5) is 22.2. The molecular weight excluding hydrogens is 318 g/mol. The molecule has 0 amide bonds. The Kier molecular flexibility index (Phi) is 3.75. The van der Waals surface area contributed by atoms with Crippen molar-refractivity contribution >= 4 is 22.6 Å². The van der Waals surface area contributed by atoms with Crippen molar-refractivity contribution in [2.75, 3.05) is 0 Å². The van der Waals surface area contributed by atoms with Crippen LogP contribution < -0.4 is 0 Å². The third-order valence-electron chi connectivity index (χ3n) is 4.06. The molecule has 6 nitrogen and oxygen atoms in total. The Bertz CT molecular complexity index is 968. The number of fused-ring (bicyclic) bond motifs is 1. The molecule has 2 heterocycles. The minimum atomic E-state index is -1.12. The third kappa shape index (κ3) is 2.76. The van der Waals surface area contributed by atoms with Gasteiger partial charge in [0.25, 0.3) is 0 Å². The van der Waals surface area contributed by atoms with Gasteiger partial charge >= 0.3 is 0 Å². The van der Waals surface area contributed by atoms with Gasteiger partial charge in [0.1, 0.15) is 5.52 Å². The zero-order valence-corrected chi connectivity index (χ0v) is 13.1. The number of aromatic nitrogens is 1. The molecule has 1 aromatic heterocycles. The van der Waals surface area contributed by atoms with Gasteiger partial charge in [-0.25, -0.2) is 4.98 Å². The molecule has 122 valence electrons. The Hall–Kier alpha value is -3.46. The third-order valence-corrected chi connectivity index (χ3v) is 4.06. The first-order chi connectivity index (χ1) is 12.3. The lowest BCUT2D eigenvalue weighted by molar-refractivity contribution is -0.129. The fourth-order valence-corrected chi connectivity index (χ4v) is 2.77. The number of ketones is 1. The van der Waals surface area contributed by atoms with Gasteiger partial charge < -0.3 is 9.25 Å². The molecule has 0 unspecified atom stereocenters. The molecular formula is C19H13N3O3. The van der Waals surface area contributed by atoms with Crippen LogP contribution in [0.3, 0.4) is 0 Å². The number of carbonyl (C=O) groups excluding carboxylic acids is 1. The number of hydrogen-bond donors (Lipinski definition) is 0. The van der Waals surface area contributed by atoms with Gasteiger partial charge in [-0.05, 0) is 17.7 Å². The van der Waals surface area contributed by atoms with E-state index in [1.165, 1.54) is 0 Å². The molecule has 0 fully saturated rings. The monoisotopic (exact) mass is 331 g/mol. The van der Waals surface area contributed by atoms with Crippen molar-refractivity contribution in [2.24, 2.45) is 5.16 Å². The molecule has 4 rings (SSSR count). The second kappa shape index (κ2) is 6.21. The van der Waals surface area contributed by atoms with Crippen molar-refractivity contribution in [3.05, 3.63) is 66.1 Å². The quantitative estimate of drug-likeness (QED) is 0.732. The molecule has 0 saturated carbocycles. The maximum absolute atomic E-state index is 12.7. The SMILES string of the molecule is N#C[C@H](C(=O)[C@@H]1CC(c2ccccc2)=NO1)c1nc2ccccc2o1. The molecule has 1 aliphatic rings. The number of oxime groups is 1. The van der Waals surface area contributed by atoms with Gasteiger partial charge in [-0.2, -0.15) is 5.26 Å². The van der Waals surface area contributed by atoms with E-state index in [-0.39, 0.29) is 5.89 Å². The van der Waals surface area contributed by atoms with Gasteiger partial charge in [0.05, 0.1) is 11.8 Å². The number of para-hydroxylation sites is 2. The summed E-state index contributed by atoms with van der Waals surface area (Å²) in [5.41, 5.74) is 2.74. The number of carbonyl (C=O) groups is 1. The molecule has 2 aromatic carbocycles. The number of Topliss-reactive ketones (excluding diaryl/α,β-unsaturated/α-hetero) is 1. The summed E-state index contributed by atoms with van der Waals surface area (Å²) in [6, 6.07) is 18.6. The lowest BCUT2D eigenvalue weighted by Gasteiger charge is -2.09. The number of oxazole rings is 1. The molecule has 2 atom stereocenters. The summed E-state index contributed by atoms with van der Waals surface area (Å²) in [5.74, 6) is -1.43. The Morgan fingerprint density at radius 3 is 2.68 bits per heavy atom. The van der Waals surface area contributed by atoms with Crippen molar-refractivity contribution in [1.82, 2.24) is 4.98 Å². The van der Waals surface area contributed by atoms with Gasteiger partial charge in [0.15, 0.2) is 17.6 Å². The molecule has 25 heavy (non-hydrogen) atoms. The number of hydrogen-bond acceptors (Lipinski definition) is 6. The predicted molar refractivity (Wildman–Crippen MR) is 89.8 cm³/mol. The molecule has 0 bridgehead atoms. The number of benzene rings is 2. The molecule has 0 spiro atoms. The van der Waals surface area contributed by atoms with Gasteiger partial charge in [0, 0.05) is 6.42 Å². The van der Waals surface area contributed by atoms with Crippen LogP contribution in [0.15, 0.2) is 64.2 Å². The predicted octanol–water partition coefficient (Wildman–Crippen LogP) is 3.20. The van der Waals surface area contributed by atoms with E-state index >= 15 is 0 Å². The Morgan fingerprint density at radius 1 is 1.16 bits per heavy atom. The van der Waals surface area contributed by atoms with E-state index in [0.29, 0.717) is 23.2 Å². The van der Waals surface area contributed by atoms with Crippen LogP contribution in [0.2, 0.25) is 0 Å². The molecule has 3 aromatic rings. The first-order valence-corrected chi connectivity index (χ1v) is 7.83. The second-order valence-corrected chi connectivity index (χ2v) is 5.69. The van der Waals surface area contributed by atoms with Crippen LogP contribution in [0.25, 0.3) is 11.1 Å². The van der Waals surface area contributed by atoms with E-state index in [1.807, 2.05) is 42.5 Å². The fourth-order valence-electron chi connectivity index (χ4n) is 2.77. The maximum Gasteiger partial charge on any atom is 0.220 e. The molecule has 1 aliphatic heterocycles. The first-order valence-electron chi connectivity index (χ1n) is 7.83. The van der Waals surface area contributed by atoms with Crippen LogP contribution in [0, 0.1) is 11.3 Å². The van der Waals surface area contributed by atoms with Crippen LogP contribution >= 0.6 is 0 Å². The number of nitriles is 1. The smallest absolute Gasteiger partial charge is 0.220 e. The average Bonchev–Trinajstić information content (AvgIpc) is 3.30. The van der Waals surface area contributed by atoms with Crippen LogP contribution in [0.4, 0.5) is 0 Å². The topological polar surface area (TPSA) is 88.5 Å². The maximum atomic E-state index is 12.7. The minimum absolute atomic E-state index is 0.0884. The van der Waals surface area contributed by atoms with E-state index in [0.717, 1.165) is 5.56 Å². The summed E-state index contributed by atoms with van der Waals surface area (Å²) < 4.78 is 5.57. The summed E-state index contributed by atoms with van der Waals surface area (Å²) >= 11 is 0. The van der Waals surface area contributed by atoms with Crippen molar-refractivity contribution in [3.8, 4) is 6.07 Å². The van der Waals surface area contributed by atoms with Crippen molar-refractivity contribution < 1.29 is 14.0 Å².